The van der Waals surface area contributed by atoms with Gasteiger partial charge in [-0.3, -0.25) is 14.3 Å². The molecule has 0 unspecified atom stereocenters. The molecule has 0 saturated carbocycles. The van der Waals surface area contributed by atoms with Crippen LogP contribution in [0, 0.1) is 6.92 Å². The standard InChI is InChI=1S/C33H34N6O5/c1-20-28(32(41)39(38(20)4)24-9-7-6-8-10-24)31(40)36-23-13-11-21(12-14-23)29-30(34)35-18-27(37-29)22-15-25(43-5)17-26(16-22)44-19-33(2,3)42/h6-18,42H,19H2,1-5H3,(H2,34,35)(H,36,40). The van der Waals surface area contributed by atoms with E-state index in [4.69, 9.17) is 20.2 Å². The Morgan fingerprint density at radius 1 is 1.02 bits per heavy atom. The number of carbonyl (C=O) groups excluding carboxylic acids is 1. The molecule has 5 aromatic rings. The Balaban J connectivity index is 1.39. The van der Waals surface area contributed by atoms with Crippen molar-refractivity contribution in [3.05, 3.63) is 101 Å². The largest absolute Gasteiger partial charge is 0.497 e. The number of ether oxygens (including phenoxy) is 2. The summed E-state index contributed by atoms with van der Waals surface area (Å²) in [6, 6.07) is 21.4. The number of rotatable bonds is 9. The summed E-state index contributed by atoms with van der Waals surface area (Å²) in [4.78, 5) is 35.6. The molecule has 0 saturated heterocycles. The summed E-state index contributed by atoms with van der Waals surface area (Å²) in [6.45, 7) is 5.15. The van der Waals surface area contributed by atoms with E-state index < -0.39 is 17.1 Å². The molecule has 4 N–H and O–H groups in total. The molecule has 0 aliphatic carbocycles. The van der Waals surface area contributed by atoms with Crippen molar-refractivity contribution in [2.75, 3.05) is 24.8 Å². The molecule has 2 aromatic heterocycles. The third-order valence-electron chi connectivity index (χ3n) is 7.00. The molecule has 44 heavy (non-hydrogen) atoms. The zero-order valence-electron chi connectivity index (χ0n) is 25.2. The van der Waals surface area contributed by atoms with E-state index in [-0.39, 0.29) is 18.0 Å². The molecule has 11 nitrogen and oxygen atoms in total. The fourth-order valence-electron chi connectivity index (χ4n) is 4.67. The number of nitrogens with one attached hydrogen (secondary N) is 1. The fraction of sp³-hybridized carbons (Fsp3) is 0.212. The summed E-state index contributed by atoms with van der Waals surface area (Å²) < 4.78 is 14.3. The van der Waals surface area contributed by atoms with E-state index in [1.54, 1.807) is 88.3 Å². The maximum Gasteiger partial charge on any atom is 0.284 e. The number of nitrogens with two attached hydrogens (primary N) is 1. The fourth-order valence-corrected chi connectivity index (χ4v) is 4.67. The molecule has 0 radical (unpaired) electrons. The number of carbonyl (C=O) groups is 1. The summed E-state index contributed by atoms with van der Waals surface area (Å²) in [6.07, 6.45) is 1.56. The summed E-state index contributed by atoms with van der Waals surface area (Å²) in [5, 5.41) is 12.9. The molecular formula is C33H34N6O5. The monoisotopic (exact) mass is 594 g/mol. The lowest BCUT2D eigenvalue weighted by Gasteiger charge is -2.18. The Morgan fingerprint density at radius 2 is 1.70 bits per heavy atom. The minimum Gasteiger partial charge on any atom is -0.497 e. The van der Waals surface area contributed by atoms with Crippen LogP contribution in [0.4, 0.5) is 11.5 Å². The van der Waals surface area contributed by atoms with Gasteiger partial charge >= 0.3 is 0 Å². The minimum absolute atomic E-state index is 0.0624. The minimum atomic E-state index is -1.01. The van der Waals surface area contributed by atoms with Crippen LogP contribution in [0.15, 0.2) is 83.8 Å². The van der Waals surface area contributed by atoms with Crippen molar-refractivity contribution in [1.29, 1.82) is 0 Å². The number of para-hydroxylation sites is 1. The van der Waals surface area contributed by atoms with Crippen molar-refractivity contribution >= 4 is 17.4 Å². The van der Waals surface area contributed by atoms with E-state index >= 15 is 0 Å². The van der Waals surface area contributed by atoms with Crippen LogP contribution in [-0.4, -0.2) is 49.7 Å². The lowest BCUT2D eigenvalue weighted by molar-refractivity contribution is 0.0284. The molecule has 0 bridgehead atoms. The Labute approximate surface area is 254 Å². The summed E-state index contributed by atoms with van der Waals surface area (Å²) in [5.41, 5.74) is 8.92. The first-order valence-corrected chi connectivity index (χ1v) is 13.9. The van der Waals surface area contributed by atoms with E-state index in [0.29, 0.717) is 51.1 Å². The van der Waals surface area contributed by atoms with Crippen molar-refractivity contribution < 1.29 is 19.4 Å². The zero-order valence-corrected chi connectivity index (χ0v) is 25.2. The van der Waals surface area contributed by atoms with Crippen molar-refractivity contribution in [1.82, 2.24) is 19.3 Å². The van der Waals surface area contributed by atoms with E-state index in [0.717, 1.165) is 0 Å². The van der Waals surface area contributed by atoms with Gasteiger partial charge in [0.15, 0.2) is 0 Å². The van der Waals surface area contributed by atoms with Crippen LogP contribution in [0.5, 0.6) is 11.5 Å². The van der Waals surface area contributed by atoms with Gasteiger partial charge in [-0.2, -0.15) is 0 Å². The molecule has 2 heterocycles. The summed E-state index contributed by atoms with van der Waals surface area (Å²) >= 11 is 0. The van der Waals surface area contributed by atoms with Gasteiger partial charge in [-0.1, -0.05) is 30.3 Å². The highest BCUT2D eigenvalue weighted by Crippen LogP contribution is 2.32. The number of methoxy groups -OCH3 is 1. The Hall–Kier alpha value is -5.42. The lowest BCUT2D eigenvalue weighted by Crippen LogP contribution is -2.27. The summed E-state index contributed by atoms with van der Waals surface area (Å²) in [5.74, 6) is 0.782. The quantitative estimate of drug-likeness (QED) is 0.224. The van der Waals surface area contributed by atoms with Crippen LogP contribution in [0.2, 0.25) is 0 Å². The topological polar surface area (TPSA) is 147 Å². The van der Waals surface area contributed by atoms with Gasteiger partial charge in [-0.05, 0) is 57.2 Å². The van der Waals surface area contributed by atoms with Crippen LogP contribution >= 0.6 is 0 Å². The second-order valence-electron chi connectivity index (χ2n) is 11.0. The highest BCUT2D eigenvalue weighted by molar-refractivity contribution is 6.05. The first-order chi connectivity index (χ1) is 20.9. The zero-order chi connectivity index (χ0) is 31.6. The maximum absolute atomic E-state index is 13.2. The summed E-state index contributed by atoms with van der Waals surface area (Å²) in [7, 11) is 3.29. The number of hydrogen-bond acceptors (Lipinski definition) is 8. The number of nitrogens with zero attached hydrogens (tertiary/aromatic N) is 4. The Bertz CT molecular complexity index is 1870. The number of hydrogen-bond donors (Lipinski definition) is 3. The number of nitrogen functional groups attached to an aromatic ring is 1. The maximum atomic E-state index is 13.2. The highest BCUT2D eigenvalue weighted by Gasteiger charge is 2.22. The van der Waals surface area contributed by atoms with Crippen LogP contribution in [0.3, 0.4) is 0 Å². The van der Waals surface area contributed by atoms with Gasteiger partial charge in [0, 0.05) is 29.9 Å². The molecular weight excluding hydrogens is 560 g/mol. The first-order valence-electron chi connectivity index (χ1n) is 13.9. The van der Waals surface area contributed by atoms with Crippen molar-refractivity contribution in [2.45, 2.75) is 26.4 Å². The van der Waals surface area contributed by atoms with Crippen LogP contribution in [-0.2, 0) is 7.05 Å². The van der Waals surface area contributed by atoms with Gasteiger partial charge in [0.2, 0.25) is 0 Å². The van der Waals surface area contributed by atoms with Gasteiger partial charge in [-0.25, -0.2) is 14.6 Å². The van der Waals surface area contributed by atoms with Gasteiger partial charge in [0.25, 0.3) is 11.5 Å². The normalized spacial score (nSPS) is 11.3. The average molecular weight is 595 g/mol. The van der Waals surface area contributed by atoms with Crippen LogP contribution in [0.25, 0.3) is 28.2 Å². The van der Waals surface area contributed by atoms with Gasteiger partial charge in [0.1, 0.15) is 35.2 Å². The number of amides is 1. The number of aromatic nitrogens is 4. The molecule has 0 atom stereocenters. The Kier molecular flexibility index (Phi) is 8.23. The van der Waals surface area contributed by atoms with Crippen molar-refractivity contribution in [3.8, 4) is 39.7 Å². The molecule has 0 fully saturated rings. The van der Waals surface area contributed by atoms with Crippen LogP contribution in [0.1, 0.15) is 29.9 Å². The number of aliphatic hydroxyl groups is 1. The molecule has 5 rings (SSSR count). The van der Waals surface area contributed by atoms with E-state index in [1.165, 1.54) is 4.68 Å². The van der Waals surface area contributed by atoms with Crippen molar-refractivity contribution in [2.24, 2.45) is 7.05 Å². The number of benzene rings is 3. The average Bonchev–Trinajstić information content (AvgIpc) is 3.23. The predicted molar refractivity (Wildman–Crippen MR) is 169 cm³/mol. The van der Waals surface area contributed by atoms with Crippen LogP contribution < -0.4 is 26.1 Å². The first kappa shape index (κ1) is 30.1. The molecule has 0 aliphatic rings. The Morgan fingerprint density at radius 3 is 2.36 bits per heavy atom. The van der Waals surface area contributed by atoms with E-state index in [1.807, 2.05) is 30.3 Å². The van der Waals surface area contributed by atoms with Gasteiger partial charge in [-0.15, -0.1) is 0 Å². The number of anilines is 2. The molecule has 1 amide bonds. The second kappa shape index (κ2) is 12.1. The molecule has 11 heteroatoms. The van der Waals surface area contributed by atoms with E-state index in [2.05, 4.69) is 10.3 Å². The molecule has 3 aromatic carbocycles. The molecule has 0 spiro atoms. The van der Waals surface area contributed by atoms with Gasteiger partial charge < -0.3 is 25.6 Å². The third kappa shape index (κ3) is 6.32. The third-order valence-corrected chi connectivity index (χ3v) is 7.00. The van der Waals surface area contributed by atoms with Gasteiger partial charge in [0.05, 0.1) is 36.0 Å². The van der Waals surface area contributed by atoms with Crippen molar-refractivity contribution in [3.63, 3.8) is 0 Å². The smallest absolute Gasteiger partial charge is 0.284 e. The SMILES string of the molecule is COc1cc(OCC(C)(C)O)cc(-c2cnc(N)c(-c3ccc(NC(=O)c4c(C)n(C)n(-c5ccccc5)c4=O)cc3)n2)c1. The lowest BCUT2D eigenvalue weighted by atomic mass is 10.1. The van der Waals surface area contributed by atoms with E-state index in [9.17, 15) is 14.7 Å². The predicted octanol–water partition coefficient (Wildman–Crippen LogP) is 4.60. The molecule has 226 valence electrons. The highest BCUT2D eigenvalue weighted by atomic mass is 16.5. The molecule has 0 aliphatic heterocycles. The second-order valence-corrected chi connectivity index (χ2v) is 11.0.